The summed E-state index contributed by atoms with van der Waals surface area (Å²) >= 11 is 0. The summed E-state index contributed by atoms with van der Waals surface area (Å²) in [6.45, 7) is 1.62. The predicted molar refractivity (Wildman–Crippen MR) is 93.5 cm³/mol. The first-order chi connectivity index (χ1) is 12.7. The number of nitrogens with zero attached hydrogens (tertiary/aromatic N) is 3. The lowest BCUT2D eigenvalue weighted by Crippen LogP contribution is -2.13. The van der Waals surface area contributed by atoms with Crippen molar-refractivity contribution in [2.24, 2.45) is 0 Å². The topological polar surface area (TPSA) is 106 Å². The van der Waals surface area contributed by atoms with E-state index in [-0.39, 0.29) is 29.4 Å². The predicted octanol–water partition coefficient (Wildman–Crippen LogP) is 3.26. The number of aromatic hydroxyl groups is 1. The number of ether oxygens (including phenoxy) is 1. The van der Waals surface area contributed by atoms with Crippen LogP contribution in [0.3, 0.4) is 0 Å². The summed E-state index contributed by atoms with van der Waals surface area (Å²) in [5.74, 6) is 0.920. The Kier molecular flexibility index (Phi) is 4.64. The fourth-order valence-electron chi connectivity index (χ4n) is 2.58. The Balaban J connectivity index is 1.96. The van der Waals surface area contributed by atoms with Crippen LogP contribution in [0.1, 0.15) is 17.2 Å². The van der Waals surface area contributed by atoms with E-state index in [0.717, 1.165) is 6.07 Å². The Morgan fingerprint density at radius 1 is 1.15 bits per heavy atom. The van der Waals surface area contributed by atoms with Gasteiger partial charge in [-0.2, -0.15) is 13.2 Å². The molecule has 0 unspecified atom stereocenters. The van der Waals surface area contributed by atoms with Gasteiger partial charge in [0.25, 0.3) is 0 Å². The molecule has 0 aliphatic heterocycles. The van der Waals surface area contributed by atoms with Gasteiger partial charge in [-0.1, -0.05) is 0 Å². The fourth-order valence-corrected chi connectivity index (χ4v) is 2.58. The number of phenolic OH excluding ortho intramolecular Hbond substituents is 1. The summed E-state index contributed by atoms with van der Waals surface area (Å²) in [5.41, 5.74) is 5.06. The first kappa shape index (κ1) is 18.5. The molecule has 0 atom stereocenters. The highest BCUT2D eigenvalue weighted by Gasteiger charge is 2.33. The summed E-state index contributed by atoms with van der Waals surface area (Å²) < 4.78 is 43.7. The van der Waals surface area contributed by atoms with E-state index in [0.29, 0.717) is 22.5 Å². The van der Waals surface area contributed by atoms with Crippen molar-refractivity contribution in [3.05, 3.63) is 41.5 Å². The van der Waals surface area contributed by atoms with E-state index in [1.54, 1.807) is 13.0 Å². The van der Waals surface area contributed by atoms with Gasteiger partial charge in [-0.3, -0.25) is 0 Å². The lowest BCUT2D eigenvalue weighted by atomic mass is 10.2. The minimum absolute atomic E-state index is 0.0415. The second-order valence-electron chi connectivity index (χ2n) is 5.79. The number of aryl methyl sites for hydroxylation is 1. The van der Waals surface area contributed by atoms with Crippen LogP contribution in [0.5, 0.6) is 11.5 Å². The maximum Gasteiger partial charge on any atom is 0.433 e. The molecule has 0 amide bonds. The number of nitrogens with one attached hydrogen (secondary N) is 1. The van der Waals surface area contributed by atoms with Gasteiger partial charge in [0.15, 0.2) is 11.5 Å². The van der Waals surface area contributed by atoms with Gasteiger partial charge in [-0.05, 0) is 25.1 Å². The lowest BCUT2D eigenvalue weighted by molar-refractivity contribution is -0.141. The Labute approximate surface area is 152 Å². The Morgan fingerprint density at radius 3 is 2.56 bits per heavy atom. The minimum Gasteiger partial charge on any atom is -0.504 e. The molecular weight excluding hydrogens is 363 g/mol. The smallest absolute Gasteiger partial charge is 0.433 e. The summed E-state index contributed by atoms with van der Waals surface area (Å²) in [4.78, 5) is 12.1. The van der Waals surface area contributed by atoms with Gasteiger partial charge < -0.3 is 20.9 Å². The standard InChI is InChI=1S/C17H16F3N5O2/c1-8-23-12-6-14(27-2)13(26)5-11(12)16(24-8)22-7-10-3-9(21)4-15(25-10)17(18,19)20/h3-6,26H,7H2,1-2H3,(H2,21,25)(H,22,23,24). The van der Waals surface area contributed by atoms with Crippen LogP contribution < -0.4 is 15.8 Å². The van der Waals surface area contributed by atoms with E-state index in [1.165, 1.54) is 19.2 Å². The number of methoxy groups -OCH3 is 1. The summed E-state index contributed by atoms with van der Waals surface area (Å²) in [7, 11) is 1.41. The highest BCUT2D eigenvalue weighted by molar-refractivity contribution is 5.91. The number of alkyl halides is 3. The van der Waals surface area contributed by atoms with Crippen LogP contribution in [0.2, 0.25) is 0 Å². The zero-order chi connectivity index (χ0) is 19.8. The highest BCUT2D eigenvalue weighted by Crippen LogP contribution is 2.33. The number of halogens is 3. The van der Waals surface area contributed by atoms with Gasteiger partial charge in [-0.15, -0.1) is 0 Å². The number of benzene rings is 1. The molecule has 0 aliphatic carbocycles. The van der Waals surface area contributed by atoms with Crippen molar-refractivity contribution < 1.29 is 23.0 Å². The monoisotopic (exact) mass is 379 g/mol. The minimum atomic E-state index is -4.59. The average Bonchev–Trinajstić information content (AvgIpc) is 2.58. The largest absolute Gasteiger partial charge is 0.504 e. The molecule has 10 heteroatoms. The third-order valence-corrected chi connectivity index (χ3v) is 3.74. The van der Waals surface area contributed by atoms with E-state index in [9.17, 15) is 18.3 Å². The second kappa shape index (κ2) is 6.78. The molecule has 0 bridgehead atoms. The van der Waals surface area contributed by atoms with Crippen LogP contribution in [0, 0.1) is 6.92 Å². The van der Waals surface area contributed by atoms with Crippen LogP contribution in [-0.2, 0) is 12.7 Å². The Hall–Kier alpha value is -3.30. The average molecular weight is 379 g/mol. The molecule has 3 rings (SSSR count). The van der Waals surface area contributed by atoms with Crippen molar-refractivity contribution in [3.63, 3.8) is 0 Å². The van der Waals surface area contributed by atoms with Crippen LogP contribution in [0.15, 0.2) is 24.3 Å². The number of anilines is 2. The number of pyridine rings is 1. The van der Waals surface area contributed by atoms with Gasteiger partial charge in [0.2, 0.25) is 0 Å². The fraction of sp³-hybridized carbons (Fsp3) is 0.235. The van der Waals surface area contributed by atoms with Crippen molar-refractivity contribution in [1.82, 2.24) is 15.0 Å². The normalized spacial score (nSPS) is 11.6. The summed E-state index contributed by atoms with van der Waals surface area (Å²) in [5, 5.41) is 13.4. The van der Waals surface area contributed by atoms with E-state index in [1.807, 2.05) is 0 Å². The maximum absolute atomic E-state index is 12.9. The van der Waals surface area contributed by atoms with Gasteiger partial charge in [0, 0.05) is 17.1 Å². The van der Waals surface area contributed by atoms with Gasteiger partial charge in [0.1, 0.15) is 17.3 Å². The molecule has 1 aromatic carbocycles. The molecule has 0 saturated heterocycles. The summed E-state index contributed by atoms with van der Waals surface area (Å²) in [6, 6.07) is 5.09. The zero-order valence-corrected chi connectivity index (χ0v) is 14.4. The molecule has 2 heterocycles. The summed E-state index contributed by atoms with van der Waals surface area (Å²) in [6.07, 6.45) is -4.59. The van der Waals surface area contributed by atoms with Crippen molar-refractivity contribution in [3.8, 4) is 11.5 Å². The molecule has 7 nitrogen and oxygen atoms in total. The molecular formula is C17H16F3N5O2. The first-order valence-corrected chi connectivity index (χ1v) is 7.80. The van der Waals surface area contributed by atoms with Crippen LogP contribution in [0.25, 0.3) is 10.9 Å². The Morgan fingerprint density at radius 2 is 1.89 bits per heavy atom. The highest BCUT2D eigenvalue weighted by atomic mass is 19.4. The van der Waals surface area contributed by atoms with E-state index < -0.39 is 11.9 Å². The molecule has 3 aromatic rings. The van der Waals surface area contributed by atoms with Gasteiger partial charge in [-0.25, -0.2) is 15.0 Å². The lowest BCUT2D eigenvalue weighted by Gasteiger charge is -2.13. The van der Waals surface area contributed by atoms with Crippen molar-refractivity contribution in [1.29, 1.82) is 0 Å². The van der Waals surface area contributed by atoms with Crippen molar-refractivity contribution in [2.75, 3.05) is 18.2 Å². The molecule has 142 valence electrons. The van der Waals surface area contributed by atoms with Gasteiger partial charge in [0.05, 0.1) is 24.9 Å². The van der Waals surface area contributed by atoms with Crippen LogP contribution in [-0.4, -0.2) is 27.2 Å². The second-order valence-corrected chi connectivity index (χ2v) is 5.79. The van der Waals surface area contributed by atoms with E-state index in [4.69, 9.17) is 10.5 Å². The molecule has 2 aromatic heterocycles. The number of fused-ring (bicyclic) bond motifs is 1. The third kappa shape index (κ3) is 3.94. The molecule has 0 radical (unpaired) electrons. The molecule has 27 heavy (non-hydrogen) atoms. The molecule has 0 saturated carbocycles. The number of nitrogen functional groups attached to an aromatic ring is 1. The third-order valence-electron chi connectivity index (χ3n) is 3.74. The van der Waals surface area contributed by atoms with Crippen molar-refractivity contribution in [2.45, 2.75) is 19.6 Å². The number of hydrogen-bond donors (Lipinski definition) is 3. The zero-order valence-electron chi connectivity index (χ0n) is 14.4. The van der Waals surface area contributed by atoms with Crippen molar-refractivity contribution >= 4 is 22.4 Å². The molecule has 4 N–H and O–H groups in total. The number of aromatic nitrogens is 3. The Bertz CT molecular complexity index is 1010. The number of phenols is 1. The van der Waals surface area contributed by atoms with Crippen LogP contribution in [0.4, 0.5) is 24.7 Å². The molecule has 0 aliphatic rings. The quantitative estimate of drug-likeness (QED) is 0.639. The SMILES string of the molecule is COc1cc2nc(C)nc(NCc3cc(N)cc(C(F)(F)F)n3)c2cc1O. The number of hydrogen-bond acceptors (Lipinski definition) is 7. The first-order valence-electron chi connectivity index (χ1n) is 7.80. The number of nitrogens with two attached hydrogens (primary N) is 1. The molecule has 0 fully saturated rings. The van der Waals surface area contributed by atoms with Crippen LogP contribution >= 0.6 is 0 Å². The number of rotatable bonds is 4. The van der Waals surface area contributed by atoms with E-state index in [2.05, 4.69) is 20.3 Å². The van der Waals surface area contributed by atoms with E-state index >= 15 is 0 Å². The molecule has 0 spiro atoms. The van der Waals surface area contributed by atoms with Gasteiger partial charge >= 0.3 is 6.18 Å². The maximum atomic E-state index is 12.9.